The maximum atomic E-state index is 12.0. The van der Waals surface area contributed by atoms with Crippen LogP contribution in [0.1, 0.15) is 16.2 Å². The highest BCUT2D eigenvalue weighted by molar-refractivity contribution is 5.93. The van der Waals surface area contributed by atoms with Crippen molar-refractivity contribution in [2.24, 2.45) is 0 Å². The van der Waals surface area contributed by atoms with E-state index >= 15 is 0 Å². The van der Waals surface area contributed by atoms with Crippen LogP contribution in [0.2, 0.25) is 0 Å². The summed E-state index contributed by atoms with van der Waals surface area (Å²) in [6.07, 6.45) is 2.83. The van der Waals surface area contributed by atoms with E-state index in [1.54, 1.807) is 17.7 Å². The van der Waals surface area contributed by atoms with Gasteiger partial charge in [0.25, 0.3) is 5.91 Å². The molecule has 0 radical (unpaired) electrons. The third-order valence-electron chi connectivity index (χ3n) is 3.90. The Morgan fingerprint density at radius 1 is 1.15 bits per heavy atom. The van der Waals surface area contributed by atoms with Crippen molar-refractivity contribution >= 4 is 11.6 Å². The summed E-state index contributed by atoms with van der Waals surface area (Å²) < 4.78 is 11.7. The fourth-order valence-corrected chi connectivity index (χ4v) is 2.51. The van der Waals surface area contributed by atoms with Crippen LogP contribution in [0.5, 0.6) is 5.75 Å². The van der Waals surface area contributed by atoms with Gasteiger partial charge in [0.15, 0.2) is 11.5 Å². The van der Waals surface area contributed by atoms with E-state index in [9.17, 15) is 4.79 Å². The van der Waals surface area contributed by atoms with Crippen LogP contribution in [-0.2, 0) is 6.54 Å². The van der Waals surface area contributed by atoms with Gasteiger partial charge in [-0.05, 0) is 42.5 Å². The minimum atomic E-state index is -0.248. The number of amides is 1. The zero-order valence-electron chi connectivity index (χ0n) is 13.9. The van der Waals surface area contributed by atoms with Crippen LogP contribution < -0.4 is 10.1 Å². The molecule has 0 spiro atoms. The lowest BCUT2D eigenvalue weighted by Gasteiger charge is -2.05. The lowest BCUT2D eigenvalue weighted by molar-refractivity contribution is 0.0949. The first kappa shape index (κ1) is 15.8. The van der Waals surface area contributed by atoms with Crippen LogP contribution in [0.4, 0.5) is 0 Å². The molecule has 0 saturated carbocycles. The Labute approximate surface area is 148 Å². The van der Waals surface area contributed by atoms with Gasteiger partial charge in [-0.2, -0.15) is 9.61 Å². The molecule has 8 heteroatoms. The molecule has 0 aliphatic rings. The molecule has 130 valence electrons. The molecule has 3 heterocycles. The topological polar surface area (TPSA) is 94.6 Å². The van der Waals surface area contributed by atoms with Crippen molar-refractivity contribution in [3.05, 3.63) is 66.4 Å². The third-order valence-corrected chi connectivity index (χ3v) is 3.90. The quantitative estimate of drug-likeness (QED) is 0.594. The van der Waals surface area contributed by atoms with Crippen LogP contribution in [0.15, 0.2) is 59.4 Å². The van der Waals surface area contributed by atoms with Crippen molar-refractivity contribution in [1.29, 1.82) is 0 Å². The summed E-state index contributed by atoms with van der Waals surface area (Å²) in [4.78, 5) is 12.0. The summed E-state index contributed by atoms with van der Waals surface area (Å²) in [6, 6.07) is 12.9. The van der Waals surface area contributed by atoms with Gasteiger partial charge >= 0.3 is 0 Å². The highest BCUT2D eigenvalue weighted by Gasteiger charge is 2.12. The number of carbonyl (C=O) groups excluding carboxylic acids is 1. The monoisotopic (exact) mass is 349 g/mol. The number of nitrogens with zero attached hydrogens (tertiary/aromatic N) is 4. The highest BCUT2D eigenvalue weighted by atomic mass is 16.5. The summed E-state index contributed by atoms with van der Waals surface area (Å²) in [5.74, 6) is 1.07. The number of ether oxygens (including phenoxy) is 1. The normalized spacial score (nSPS) is 10.8. The zero-order chi connectivity index (χ0) is 17.9. The zero-order valence-corrected chi connectivity index (χ0v) is 13.9. The van der Waals surface area contributed by atoms with Crippen molar-refractivity contribution in [3.8, 4) is 17.0 Å². The number of fused-ring (bicyclic) bond motifs is 1. The van der Waals surface area contributed by atoms with Crippen LogP contribution in [0, 0.1) is 0 Å². The lowest BCUT2D eigenvalue weighted by Crippen LogP contribution is -2.23. The molecule has 1 aromatic carbocycles. The van der Waals surface area contributed by atoms with Gasteiger partial charge in [0.1, 0.15) is 12.0 Å². The van der Waals surface area contributed by atoms with Crippen LogP contribution in [0.3, 0.4) is 0 Å². The number of hydrogen-bond donors (Lipinski definition) is 1. The Bertz CT molecular complexity index is 1040. The fraction of sp³-hybridized carbons (Fsp3) is 0.111. The number of methoxy groups -OCH3 is 1. The van der Waals surface area contributed by atoms with E-state index in [1.807, 2.05) is 36.4 Å². The van der Waals surface area contributed by atoms with Gasteiger partial charge in [0.05, 0.1) is 31.2 Å². The number of benzene rings is 1. The molecule has 0 aliphatic carbocycles. The molecule has 0 saturated heterocycles. The molecule has 1 amide bonds. The summed E-state index contributed by atoms with van der Waals surface area (Å²) in [7, 11) is 1.63. The van der Waals surface area contributed by atoms with E-state index in [1.165, 1.54) is 12.5 Å². The standard InChI is InChI=1S/C18H15N5O3/c1-25-14-4-2-12(3-5-14)15-6-7-16-20-21-17(23(16)22-15)10-19-18(24)13-8-9-26-11-13/h2-9,11H,10H2,1H3,(H,19,24). The molecule has 0 bridgehead atoms. The molecule has 0 aliphatic heterocycles. The van der Waals surface area contributed by atoms with E-state index < -0.39 is 0 Å². The van der Waals surface area contributed by atoms with E-state index in [0.29, 0.717) is 17.0 Å². The van der Waals surface area contributed by atoms with E-state index in [4.69, 9.17) is 9.15 Å². The number of rotatable bonds is 5. The molecule has 0 atom stereocenters. The number of carbonyl (C=O) groups is 1. The van der Waals surface area contributed by atoms with Gasteiger partial charge in [-0.1, -0.05) is 0 Å². The Balaban J connectivity index is 1.59. The number of furan rings is 1. The Hall–Kier alpha value is -3.68. The smallest absolute Gasteiger partial charge is 0.254 e. The molecule has 8 nitrogen and oxygen atoms in total. The second kappa shape index (κ2) is 6.67. The summed E-state index contributed by atoms with van der Waals surface area (Å²) in [6.45, 7) is 0.199. The fourth-order valence-electron chi connectivity index (χ4n) is 2.51. The lowest BCUT2D eigenvalue weighted by atomic mass is 10.1. The second-order valence-corrected chi connectivity index (χ2v) is 5.53. The summed E-state index contributed by atoms with van der Waals surface area (Å²) in [5, 5.41) is 15.5. The maximum Gasteiger partial charge on any atom is 0.254 e. The first-order valence-electron chi connectivity index (χ1n) is 7.91. The molecular formula is C18H15N5O3. The predicted octanol–water partition coefficient (Wildman–Crippen LogP) is 2.32. The van der Waals surface area contributed by atoms with Crippen molar-refractivity contribution < 1.29 is 13.9 Å². The molecule has 0 unspecified atom stereocenters. The molecule has 3 aromatic heterocycles. The molecule has 26 heavy (non-hydrogen) atoms. The SMILES string of the molecule is COc1ccc(-c2ccc3nnc(CNC(=O)c4ccoc4)n3n2)cc1. The van der Waals surface area contributed by atoms with Gasteiger partial charge in [0, 0.05) is 5.56 Å². The molecule has 4 aromatic rings. The van der Waals surface area contributed by atoms with Crippen LogP contribution >= 0.6 is 0 Å². The largest absolute Gasteiger partial charge is 0.497 e. The Morgan fingerprint density at radius 2 is 2.00 bits per heavy atom. The molecule has 4 rings (SSSR count). The average molecular weight is 349 g/mol. The van der Waals surface area contributed by atoms with Gasteiger partial charge in [-0.3, -0.25) is 4.79 Å². The highest BCUT2D eigenvalue weighted by Crippen LogP contribution is 2.20. The van der Waals surface area contributed by atoms with Gasteiger partial charge < -0.3 is 14.5 Å². The van der Waals surface area contributed by atoms with Crippen molar-refractivity contribution in [2.45, 2.75) is 6.54 Å². The maximum absolute atomic E-state index is 12.0. The summed E-state index contributed by atoms with van der Waals surface area (Å²) in [5.41, 5.74) is 2.76. The van der Waals surface area contributed by atoms with Crippen molar-refractivity contribution in [2.75, 3.05) is 7.11 Å². The third kappa shape index (κ3) is 3.00. The minimum absolute atomic E-state index is 0.199. The minimum Gasteiger partial charge on any atom is -0.497 e. The van der Waals surface area contributed by atoms with Gasteiger partial charge in [0.2, 0.25) is 0 Å². The summed E-state index contributed by atoms with van der Waals surface area (Å²) >= 11 is 0. The van der Waals surface area contributed by atoms with Crippen LogP contribution in [-0.4, -0.2) is 32.8 Å². The predicted molar refractivity (Wildman–Crippen MR) is 92.6 cm³/mol. The van der Waals surface area contributed by atoms with E-state index in [2.05, 4.69) is 20.6 Å². The second-order valence-electron chi connectivity index (χ2n) is 5.53. The van der Waals surface area contributed by atoms with E-state index in [-0.39, 0.29) is 12.5 Å². The van der Waals surface area contributed by atoms with Gasteiger partial charge in [-0.15, -0.1) is 10.2 Å². The Morgan fingerprint density at radius 3 is 2.73 bits per heavy atom. The molecular weight excluding hydrogens is 334 g/mol. The van der Waals surface area contributed by atoms with Gasteiger partial charge in [-0.25, -0.2) is 0 Å². The number of nitrogens with one attached hydrogen (secondary N) is 1. The molecule has 0 fully saturated rings. The number of hydrogen-bond acceptors (Lipinski definition) is 6. The molecule has 1 N–H and O–H groups in total. The van der Waals surface area contributed by atoms with Crippen molar-refractivity contribution in [1.82, 2.24) is 25.1 Å². The van der Waals surface area contributed by atoms with E-state index in [0.717, 1.165) is 17.0 Å². The first-order valence-corrected chi connectivity index (χ1v) is 7.91. The first-order chi connectivity index (χ1) is 12.7. The van der Waals surface area contributed by atoms with Crippen molar-refractivity contribution in [3.63, 3.8) is 0 Å². The Kier molecular flexibility index (Phi) is 4.06. The number of aromatic nitrogens is 4. The average Bonchev–Trinajstić information content (AvgIpc) is 3.36. The van der Waals surface area contributed by atoms with Crippen LogP contribution in [0.25, 0.3) is 16.9 Å².